The number of allylic oxidation sites excluding steroid dienone is 1. The zero-order chi connectivity index (χ0) is 8.48. The van der Waals surface area contributed by atoms with Gasteiger partial charge in [-0.25, -0.2) is 0 Å². The van der Waals surface area contributed by atoms with Crippen LogP contribution in [0.4, 0.5) is 13.2 Å². The minimum absolute atomic E-state index is 0.0278. The Bertz CT molecular complexity index is 162. The van der Waals surface area contributed by atoms with Crippen LogP contribution in [0.15, 0.2) is 12.2 Å². The Kier molecular flexibility index (Phi) is 2.23. The van der Waals surface area contributed by atoms with Gasteiger partial charge in [0.25, 0.3) is 0 Å². The summed E-state index contributed by atoms with van der Waals surface area (Å²) < 4.78 is 36.1. The largest absolute Gasteiger partial charge is 0.392 e. The molecule has 0 bridgehead atoms. The van der Waals surface area contributed by atoms with Gasteiger partial charge in [0.2, 0.25) is 0 Å². The first-order valence-corrected chi connectivity index (χ1v) is 3.49. The van der Waals surface area contributed by atoms with Crippen molar-refractivity contribution in [3.05, 3.63) is 12.2 Å². The molecule has 0 aromatic rings. The lowest BCUT2D eigenvalue weighted by Gasteiger charge is -2.24. The van der Waals surface area contributed by atoms with Gasteiger partial charge in [0, 0.05) is 6.04 Å². The molecule has 0 heterocycles. The van der Waals surface area contributed by atoms with Crippen molar-refractivity contribution in [1.29, 1.82) is 0 Å². The predicted octanol–water partition coefficient (Wildman–Crippen LogP) is 1.84. The maximum absolute atomic E-state index is 12.0. The number of hydrogen-bond acceptors (Lipinski definition) is 1. The predicted molar refractivity (Wildman–Crippen MR) is 35.9 cm³/mol. The number of rotatable bonds is 0. The second-order valence-corrected chi connectivity index (χ2v) is 2.80. The fourth-order valence-corrected chi connectivity index (χ4v) is 1.19. The smallest absolute Gasteiger partial charge is 0.324 e. The first-order chi connectivity index (χ1) is 5.00. The van der Waals surface area contributed by atoms with Crippen molar-refractivity contribution in [3.8, 4) is 0 Å². The Labute approximate surface area is 63.1 Å². The van der Waals surface area contributed by atoms with E-state index in [0.29, 0.717) is 0 Å². The summed E-state index contributed by atoms with van der Waals surface area (Å²) in [5.41, 5.74) is 5.34. The third kappa shape index (κ3) is 2.22. The van der Waals surface area contributed by atoms with Crippen LogP contribution in [0.25, 0.3) is 0 Å². The molecule has 0 aliphatic heterocycles. The lowest BCUT2D eigenvalue weighted by Crippen LogP contribution is -2.32. The van der Waals surface area contributed by atoms with Crippen molar-refractivity contribution in [2.75, 3.05) is 0 Å². The molecular formula is C7H10F3N. The average Bonchev–Trinajstić information content (AvgIpc) is 1.86. The standard InChI is InChI=1S/C7H10F3N/c8-7(9,10)5-2-1-3-6(11)4-5/h1,3,5-6H,2,4,11H2. The van der Waals surface area contributed by atoms with Gasteiger partial charge in [-0.3, -0.25) is 0 Å². The highest BCUT2D eigenvalue weighted by atomic mass is 19.4. The quantitative estimate of drug-likeness (QED) is 0.544. The van der Waals surface area contributed by atoms with Gasteiger partial charge in [0.05, 0.1) is 5.92 Å². The molecule has 2 atom stereocenters. The van der Waals surface area contributed by atoms with Gasteiger partial charge in [0.1, 0.15) is 0 Å². The first-order valence-electron chi connectivity index (χ1n) is 3.49. The molecular weight excluding hydrogens is 155 g/mol. The van der Waals surface area contributed by atoms with Gasteiger partial charge in [0.15, 0.2) is 0 Å². The highest BCUT2D eigenvalue weighted by Gasteiger charge is 2.40. The molecule has 0 spiro atoms. The Morgan fingerprint density at radius 2 is 2.00 bits per heavy atom. The van der Waals surface area contributed by atoms with E-state index in [1.165, 1.54) is 6.08 Å². The van der Waals surface area contributed by atoms with E-state index in [1.54, 1.807) is 6.08 Å². The van der Waals surface area contributed by atoms with E-state index in [-0.39, 0.29) is 12.8 Å². The zero-order valence-electron chi connectivity index (χ0n) is 5.93. The van der Waals surface area contributed by atoms with Gasteiger partial charge in [-0.2, -0.15) is 13.2 Å². The van der Waals surface area contributed by atoms with Crippen LogP contribution in [0, 0.1) is 5.92 Å². The van der Waals surface area contributed by atoms with E-state index >= 15 is 0 Å². The van der Waals surface area contributed by atoms with E-state index < -0.39 is 18.1 Å². The molecule has 0 radical (unpaired) electrons. The minimum Gasteiger partial charge on any atom is -0.324 e. The van der Waals surface area contributed by atoms with Crippen LogP contribution in [0.3, 0.4) is 0 Å². The second-order valence-electron chi connectivity index (χ2n) is 2.80. The molecule has 0 saturated heterocycles. The summed E-state index contributed by atoms with van der Waals surface area (Å²) in [7, 11) is 0. The van der Waals surface area contributed by atoms with Crippen molar-refractivity contribution in [2.24, 2.45) is 11.7 Å². The third-order valence-corrected chi connectivity index (χ3v) is 1.82. The summed E-state index contributed by atoms with van der Waals surface area (Å²) in [6.45, 7) is 0. The summed E-state index contributed by atoms with van der Waals surface area (Å²) in [6.07, 6.45) is -0.839. The molecule has 1 aliphatic rings. The summed E-state index contributed by atoms with van der Waals surface area (Å²) in [5, 5.41) is 0. The minimum atomic E-state index is -4.08. The number of nitrogens with two attached hydrogens (primary N) is 1. The van der Waals surface area contributed by atoms with Gasteiger partial charge in [-0.1, -0.05) is 12.2 Å². The van der Waals surface area contributed by atoms with Crippen LogP contribution in [0.1, 0.15) is 12.8 Å². The topological polar surface area (TPSA) is 26.0 Å². The maximum atomic E-state index is 12.0. The summed E-state index contributed by atoms with van der Waals surface area (Å²) >= 11 is 0. The van der Waals surface area contributed by atoms with Crippen molar-refractivity contribution >= 4 is 0 Å². The molecule has 0 aromatic carbocycles. The molecule has 1 rings (SSSR count). The number of halogens is 3. The van der Waals surface area contributed by atoms with E-state index in [1.807, 2.05) is 0 Å². The summed E-state index contributed by atoms with van der Waals surface area (Å²) in [6, 6.07) is -0.421. The molecule has 1 nitrogen and oxygen atoms in total. The molecule has 1 aliphatic carbocycles. The molecule has 0 fully saturated rings. The Morgan fingerprint density at radius 1 is 1.36 bits per heavy atom. The fourth-order valence-electron chi connectivity index (χ4n) is 1.19. The Morgan fingerprint density at radius 3 is 2.36 bits per heavy atom. The molecule has 64 valence electrons. The Balaban J connectivity index is 2.57. The van der Waals surface area contributed by atoms with Crippen LogP contribution >= 0.6 is 0 Å². The Hall–Kier alpha value is -0.510. The molecule has 2 N–H and O–H groups in total. The van der Waals surface area contributed by atoms with Gasteiger partial charge in [-0.05, 0) is 12.8 Å². The van der Waals surface area contributed by atoms with E-state index in [0.717, 1.165) is 0 Å². The molecule has 0 saturated carbocycles. The van der Waals surface area contributed by atoms with Crippen molar-refractivity contribution in [2.45, 2.75) is 25.1 Å². The van der Waals surface area contributed by atoms with E-state index in [4.69, 9.17) is 5.73 Å². The molecule has 11 heavy (non-hydrogen) atoms. The number of alkyl halides is 3. The van der Waals surface area contributed by atoms with E-state index in [2.05, 4.69) is 0 Å². The molecule has 0 aromatic heterocycles. The summed E-state index contributed by atoms with van der Waals surface area (Å²) in [5.74, 6) is -1.23. The van der Waals surface area contributed by atoms with Gasteiger partial charge in [-0.15, -0.1) is 0 Å². The SMILES string of the molecule is NC1C=CCC(C(F)(F)F)C1. The monoisotopic (exact) mass is 165 g/mol. The van der Waals surface area contributed by atoms with Crippen LogP contribution in [0.5, 0.6) is 0 Å². The highest BCUT2D eigenvalue weighted by molar-refractivity contribution is 5.00. The van der Waals surface area contributed by atoms with Crippen LogP contribution in [-0.4, -0.2) is 12.2 Å². The van der Waals surface area contributed by atoms with Gasteiger partial charge < -0.3 is 5.73 Å². The van der Waals surface area contributed by atoms with Gasteiger partial charge >= 0.3 is 6.18 Å². The molecule has 4 heteroatoms. The lowest BCUT2D eigenvalue weighted by molar-refractivity contribution is -0.176. The second kappa shape index (κ2) is 2.85. The highest BCUT2D eigenvalue weighted by Crippen LogP contribution is 2.34. The summed E-state index contributed by atoms with van der Waals surface area (Å²) in [4.78, 5) is 0. The third-order valence-electron chi connectivity index (χ3n) is 1.82. The van der Waals surface area contributed by atoms with E-state index in [9.17, 15) is 13.2 Å². The van der Waals surface area contributed by atoms with Crippen molar-refractivity contribution in [3.63, 3.8) is 0 Å². The zero-order valence-corrected chi connectivity index (χ0v) is 5.93. The fraction of sp³-hybridized carbons (Fsp3) is 0.714. The van der Waals surface area contributed by atoms with Crippen LogP contribution in [-0.2, 0) is 0 Å². The average molecular weight is 165 g/mol. The van der Waals surface area contributed by atoms with Crippen molar-refractivity contribution in [1.82, 2.24) is 0 Å². The maximum Gasteiger partial charge on any atom is 0.392 e. The molecule has 0 amide bonds. The molecule has 2 unspecified atom stereocenters. The normalized spacial score (nSPS) is 32.4. The lowest BCUT2D eigenvalue weighted by atomic mass is 9.91. The first kappa shape index (κ1) is 8.59. The number of hydrogen-bond donors (Lipinski definition) is 1. The van der Waals surface area contributed by atoms with Crippen LogP contribution in [0.2, 0.25) is 0 Å². The van der Waals surface area contributed by atoms with Crippen LogP contribution < -0.4 is 5.73 Å². The van der Waals surface area contributed by atoms with Crippen molar-refractivity contribution < 1.29 is 13.2 Å².